The van der Waals surface area contributed by atoms with Crippen molar-refractivity contribution < 1.29 is 22.7 Å². The second-order valence-corrected chi connectivity index (χ2v) is 13.1. The lowest BCUT2D eigenvalue weighted by Gasteiger charge is -2.32. The molecule has 0 heterocycles. The van der Waals surface area contributed by atoms with Gasteiger partial charge in [0, 0.05) is 12.6 Å². The smallest absolute Gasteiger partial charge is 0.264 e. The maximum atomic E-state index is 14.2. The number of nitrogens with zero attached hydrogens (tertiary/aromatic N) is 2. The molecule has 4 rings (SSSR count). The maximum absolute atomic E-state index is 14.2. The highest BCUT2D eigenvalue weighted by Crippen LogP contribution is 2.29. The molecule has 2 atom stereocenters. The van der Waals surface area contributed by atoms with E-state index in [0.29, 0.717) is 11.5 Å². The normalized spacial score (nSPS) is 12.6. The van der Waals surface area contributed by atoms with Gasteiger partial charge in [0.2, 0.25) is 11.8 Å². The summed E-state index contributed by atoms with van der Waals surface area (Å²) in [5, 5.41) is 2.95. The second kappa shape index (κ2) is 14.9. The fraction of sp³-hybridized carbons (Fsp3) is 0.278. The summed E-state index contributed by atoms with van der Waals surface area (Å²) in [5.74, 6) is 0.337. The summed E-state index contributed by atoms with van der Waals surface area (Å²) >= 11 is 0. The molecule has 45 heavy (non-hydrogen) atoms. The van der Waals surface area contributed by atoms with E-state index in [9.17, 15) is 18.0 Å². The van der Waals surface area contributed by atoms with Gasteiger partial charge in [-0.2, -0.15) is 0 Å². The first-order chi connectivity index (χ1) is 21.5. The summed E-state index contributed by atoms with van der Waals surface area (Å²) in [6, 6.07) is 29.1. The zero-order chi connectivity index (χ0) is 32.6. The number of hydrogen-bond acceptors (Lipinski definition) is 5. The minimum Gasteiger partial charge on any atom is -0.457 e. The molecule has 0 bridgehead atoms. The van der Waals surface area contributed by atoms with Crippen LogP contribution in [0.4, 0.5) is 5.69 Å². The van der Waals surface area contributed by atoms with E-state index >= 15 is 0 Å². The van der Waals surface area contributed by atoms with Crippen molar-refractivity contribution in [2.45, 2.75) is 64.6 Å². The van der Waals surface area contributed by atoms with Gasteiger partial charge in [0.25, 0.3) is 10.0 Å². The molecule has 4 aromatic rings. The summed E-state index contributed by atoms with van der Waals surface area (Å²) < 4.78 is 35.2. The number of carbonyl (C=O) groups is 2. The Morgan fingerprint density at radius 1 is 0.778 bits per heavy atom. The Balaban J connectivity index is 1.70. The highest BCUT2D eigenvalue weighted by molar-refractivity contribution is 7.92. The summed E-state index contributed by atoms with van der Waals surface area (Å²) in [5.41, 5.74) is 3.09. The van der Waals surface area contributed by atoms with Gasteiger partial charge in [-0.3, -0.25) is 13.9 Å². The zero-order valence-corrected chi connectivity index (χ0v) is 27.3. The number of amides is 2. The predicted molar refractivity (Wildman–Crippen MR) is 178 cm³/mol. The van der Waals surface area contributed by atoms with Gasteiger partial charge in [-0.05, 0) is 88.2 Å². The highest BCUT2D eigenvalue weighted by atomic mass is 32.2. The van der Waals surface area contributed by atoms with Crippen LogP contribution in [-0.4, -0.2) is 43.8 Å². The molecule has 236 valence electrons. The minimum atomic E-state index is -4.17. The number of carbonyl (C=O) groups excluding carboxylic acids is 2. The van der Waals surface area contributed by atoms with Gasteiger partial charge in [0.1, 0.15) is 24.1 Å². The van der Waals surface area contributed by atoms with Crippen molar-refractivity contribution in [3.8, 4) is 11.5 Å². The molecule has 9 heteroatoms. The van der Waals surface area contributed by atoms with E-state index in [-0.39, 0.29) is 29.1 Å². The first kappa shape index (κ1) is 33.3. The largest absolute Gasteiger partial charge is 0.457 e. The van der Waals surface area contributed by atoms with Gasteiger partial charge < -0.3 is 15.0 Å². The molecule has 0 aromatic heterocycles. The Hall–Kier alpha value is -4.63. The minimum absolute atomic E-state index is 0.0539. The third kappa shape index (κ3) is 8.73. The molecular weight excluding hydrogens is 586 g/mol. The van der Waals surface area contributed by atoms with Crippen LogP contribution in [0.1, 0.15) is 43.9 Å². The Morgan fingerprint density at radius 2 is 1.33 bits per heavy atom. The third-order valence-corrected chi connectivity index (χ3v) is 9.42. The predicted octanol–water partition coefficient (Wildman–Crippen LogP) is 6.62. The Bertz CT molecular complexity index is 1670. The van der Waals surface area contributed by atoms with Crippen molar-refractivity contribution in [1.82, 2.24) is 10.2 Å². The van der Waals surface area contributed by atoms with Crippen molar-refractivity contribution in [2.75, 3.05) is 10.8 Å². The van der Waals surface area contributed by atoms with Gasteiger partial charge in [0.05, 0.1) is 10.6 Å². The molecule has 4 aromatic carbocycles. The number of nitrogens with one attached hydrogen (secondary N) is 1. The van der Waals surface area contributed by atoms with Crippen LogP contribution >= 0.6 is 0 Å². The Labute approximate surface area is 266 Å². The first-order valence-electron chi connectivity index (χ1n) is 15.1. The third-order valence-electron chi connectivity index (χ3n) is 7.63. The lowest BCUT2D eigenvalue weighted by atomic mass is 10.1. The van der Waals surface area contributed by atoms with Gasteiger partial charge in [-0.25, -0.2) is 8.42 Å². The molecular formula is C36H41N3O5S. The van der Waals surface area contributed by atoms with Gasteiger partial charge in [-0.15, -0.1) is 0 Å². The summed E-state index contributed by atoms with van der Waals surface area (Å²) in [4.78, 5) is 28.9. The van der Waals surface area contributed by atoms with Gasteiger partial charge >= 0.3 is 0 Å². The van der Waals surface area contributed by atoms with Gasteiger partial charge in [0.15, 0.2) is 0 Å². The van der Waals surface area contributed by atoms with E-state index in [2.05, 4.69) is 5.32 Å². The zero-order valence-electron chi connectivity index (χ0n) is 26.4. The van der Waals surface area contributed by atoms with Crippen molar-refractivity contribution in [3.63, 3.8) is 0 Å². The van der Waals surface area contributed by atoms with Crippen molar-refractivity contribution >= 4 is 27.5 Å². The van der Waals surface area contributed by atoms with E-state index in [4.69, 9.17) is 4.74 Å². The van der Waals surface area contributed by atoms with Gasteiger partial charge in [-0.1, -0.05) is 72.6 Å². The lowest BCUT2D eigenvalue weighted by Crippen LogP contribution is -2.52. The number of para-hydroxylation sites is 1. The number of rotatable bonds is 13. The van der Waals surface area contributed by atoms with Crippen LogP contribution in [0.25, 0.3) is 0 Å². The number of aryl methyl sites for hydroxylation is 2. The molecule has 0 spiro atoms. The highest BCUT2D eigenvalue weighted by Gasteiger charge is 2.32. The first-order valence-corrected chi connectivity index (χ1v) is 16.5. The van der Waals surface area contributed by atoms with Crippen molar-refractivity contribution in [3.05, 3.63) is 120 Å². The fourth-order valence-corrected chi connectivity index (χ4v) is 6.02. The second-order valence-electron chi connectivity index (χ2n) is 11.2. The quantitative estimate of drug-likeness (QED) is 0.180. The average molecular weight is 628 g/mol. The van der Waals surface area contributed by atoms with Crippen LogP contribution in [0.2, 0.25) is 0 Å². The van der Waals surface area contributed by atoms with E-state index in [1.54, 1.807) is 43.3 Å². The van der Waals surface area contributed by atoms with Crippen LogP contribution < -0.4 is 14.4 Å². The summed E-state index contributed by atoms with van der Waals surface area (Å²) in [6.07, 6.45) is 0.733. The fourth-order valence-electron chi connectivity index (χ4n) is 4.61. The summed E-state index contributed by atoms with van der Waals surface area (Å²) in [6.45, 7) is 9.00. The lowest BCUT2D eigenvalue weighted by molar-refractivity contribution is -0.139. The van der Waals surface area contributed by atoms with E-state index in [0.717, 1.165) is 27.4 Å². The van der Waals surface area contributed by atoms with Crippen LogP contribution in [0.3, 0.4) is 0 Å². The molecule has 8 nitrogen and oxygen atoms in total. The van der Waals surface area contributed by atoms with E-state index in [1.807, 2.05) is 82.3 Å². The monoisotopic (exact) mass is 627 g/mol. The molecule has 0 aliphatic rings. The standard InChI is InChI=1S/C36H41N3O5S/c1-6-28(4)37-36(41)29(5)38(24-30-16-12-26(2)13-17-30)35(40)25-39(45(42,43)34-22-14-27(3)15-23-34)31-18-20-33(21-19-31)44-32-10-8-7-9-11-32/h7-23,28-29H,6,24-25H2,1-5H3,(H,37,41). The van der Waals surface area contributed by atoms with Crippen LogP contribution in [0.15, 0.2) is 108 Å². The Morgan fingerprint density at radius 3 is 1.91 bits per heavy atom. The number of ether oxygens (including phenoxy) is 1. The number of hydrogen-bond donors (Lipinski definition) is 1. The summed E-state index contributed by atoms with van der Waals surface area (Å²) in [7, 11) is -4.17. The molecule has 0 aliphatic carbocycles. The molecule has 0 saturated carbocycles. The molecule has 0 saturated heterocycles. The van der Waals surface area contributed by atoms with Crippen LogP contribution in [0.5, 0.6) is 11.5 Å². The molecule has 2 unspecified atom stereocenters. The molecule has 0 radical (unpaired) electrons. The SMILES string of the molecule is CCC(C)NC(=O)C(C)N(Cc1ccc(C)cc1)C(=O)CN(c1ccc(Oc2ccccc2)cc1)S(=O)(=O)c1ccc(C)cc1. The number of benzene rings is 4. The Kier molecular flexibility index (Phi) is 11.0. The van der Waals surface area contributed by atoms with E-state index in [1.165, 1.54) is 17.0 Å². The molecule has 0 fully saturated rings. The number of anilines is 1. The van der Waals surface area contributed by atoms with Crippen LogP contribution in [-0.2, 0) is 26.2 Å². The van der Waals surface area contributed by atoms with Crippen LogP contribution in [0, 0.1) is 13.8 Å². The average Bonchev–Trinajstić information content (AvgIpc) is 3.04. The maximum Gasteiger partial charge on any atom is 0.264 e. The van der Waals surface area contributed by atoms with E-state index < -0.39 is 28.5 Å². The molecule has 1 N–H and O–H groups in total. The van der Waals surface area contributed by atoms with Crippen molar-refractivity contribution in [2.24, 2.45) is 0 Å². The van der Waals surface area contributed by atoms with Crippen molar-refractivity contribution in [1.29, 1.82) is 0 Å². The molecule has 0 aliphatic heterocycles. The topological polar surface area (TPSA) is 96.0 Å². The molecule has 2 amide bonds. The number of sulfonamides is 1.